The molecule has 0 aromatic heterocycles. The summed E-state index contributed by atoms with van der Waals surface area (Å²) in [6, 6.07) is 0. The first-order chi connectivity index (χ1) is 11.1. The van der Waals surface area contributed by atoms with Crippen LogP contribution in [0, 0.1) is 11.8 Å². The second-order valence-electron chi connectivity index (χ2n) is 6.10. The summed E-state index contributed by atoms with van der Waals surface area (Å²) in [7, 11) is 0. The maximum absolute atomic E-state index is 10.6. The summed E-state index contributed by atoms with van der Waals surface area (Å²) >= 11 is 0. The molecule has 0 spiro atoms. The van der Waals surface area contributed by atoms with Crippen molar-refractivity contribution in [3.63, 3.8) is 0 Å². The molecule has 0 unspecified atom stereocenters. The monoisotopic (exact) mass is 348 g/mol. The summed E-state index contributed by atoms with van der Waals surface area (Å²) in [5, 5.41) is 16.1. The number of carbonyl (C=O) groups excluding carboxylic acids is 1. The van der Waals surface area contributed by atoms with E-state index in [2.05, 4.69) is 20.8 Å². The van der Waals surface area contributed by atoms with Gasteiger partial charge < -0.3 is 14.9 Å². The van der Waals surface area contributed by atoms with Crippen LogP contribution in [0.2, 0.25) is 0 Å². The minimum absolute atomic E-state index is 0.0966. The lowest BCUT2D eigenvalue weighted by molar-refractivity contribution is -0.143. The van der Waals surface area contributed by atoms with Crippen LogP contribution in [0.15, 0.2) is 0 Å². The number of carboxylic acid groups (broad SMARTS) is 2. The number of aliphatic carboxylic acids is 2. The number of esters is 1. The van der Waals surface area contributed by atoms with Gasteiger partial charge in [0, 0.05) is 12.8 Å². The van der Waals surface area contributed by atoms with Crippen LogP contribution in [0.1, 0.15) is 80.1 Å². The Labute approximate surface area is 146 Å². The molecule has 0 aromatic rings. The third kappa shape index (κ3) is 32.4. The van der Waals surface area contributed by atoms with Crippen molar-refractivity contribution in [1.29, 1.82) is 0 Å². The van der Waals surface area contributed by atoms with Crippen molar-refractivity contribution >= 4 is 17.9 Å². The van der Waals surface area contributed by atoms with Crippen LogP contribution < -0.4 is 0 Å². The lowest BCUT2D eigenvalue weighted by Gasteiger charge is -2.04. The molecule has 0 amide bonds. The van der Waals surface area contributed by atoms with E-state index < -0.39 is 11.9 Å². The highest BCUT2D eigenvalue weighted by Gasteiger charge is 1.99. The zero-order valence-corrected chi connectivity index (χ0v) is 16.1. The second kappa shape index (κ2) is 19.5. The molecule has 0 aromatic carbocycles. The first-order valence-electron chi connectivity index (χ1n) is 8.68. The molecule has 0 heterocycles. The lowest BCUT2D eigenvalue weighted by Crippen LogP contribution is -2.05. The Hall–Kier alpha value is -1.59. The van der Waals surface area contributed by atoms with Crippen molar-refractivity contribution in [3.8, 4) is 0 Å². The zero-order chi connectivity index (χ0) is 19.5. The second-order valence-corrected chi connectivity index (χ2v) is 6.10. The van der Waals surface area contributed by atoms with Gasteiger partial charge in [-0.15, -0.1) is 0 Å². The number of carboxylic acids is 2. The Morgan fingerprint density at radius 2 is 1.46 bits per heavy atom. The smallest absolute Gasteiger partial charge is 0.305 e. The summed E-state index contributed by atoms with van der Waals surface area (Å²) in [5.74, 6) is -1.14. The van der Waals surface area contributed by atoms with Crippen molar-refractivity contribution < 1.29 is 29.3 Å². The van der Waals surface area contributed by atoms with E-state index in [0.717, 1.165) is 25.7 Å². The van der Waals surface area contributed by atoms with Crippen LogP contribution in [0.25, 0.3) is 0 Å². The van der Waals surface area contributed by atoms with Gasteiger partial charge in [0.15, 0.2) is 0 Å². The van der Waals surface area contributed by atoms with Crippen molar-refractivity contribution in [2.24, 2.45) is 11.8 Å². The predicted molar refractivity (Wildman–Crippen MR) is 95.0 cm³/mol. The van der Waals surface area contributed by atoms with Gasteiger partial charge in [0.25, 0.3) is 0 Å². The molecule has 0 bridgehead atoms. The van der Waals surface area contributed by atoms with E-state index >= 15 is 0 Å². The number of hydrogen-bond acceptors (Lipinski definition) is 4. The van der Waals surface area contributed by atoms with Crippen LogP contribution in [0.3, 0.4) is 0 Å². The number of unbranched alkanes of at least 4 members (excludes halogenated alkanes) is 2. The Morgan fingerprint density at radius 3 is 1.75 bits per heavy atom. The first kappa shape index (κ1) is 27.3. The van der Waals surface area contributed by atoms with Crippen LogP contribution >= 0.6 is 0 Å². The minimum Gasteiger partial charge on any atom is -0.481 e. The molecule has 0 radical (unpaired) electrons. The molecule has 2 N–H and O–H groups in total. The first-order valence-corrected chi connectivity index (χ1v) is 8.68. The normalized spacial score (nSPS) is 9.50. The molecule has 0 fully saturated rings. The average Bonchev–Trinajstić information content (AvgIpc) is 2.47. The topological polar surface area (TPSA) is 101 Å². The SMILES string of the molecule is CC(C)C(=O)O.CCC(=O)OCCC(C)C.CCCCCC(=O)O. The van der Waals surface area contributed by atoms with Gasteiger partial charge in [-0.1, -0.05) is 54.4 Å². The Bertz CT molecular complexity index is 323. The number of hydrogen-bond donors (Lipinski definition) is 2. The maximum Gasteiger partial charge on any atom is 0.305 e. The van der Waals surface area contributed by atoms with E-state index in [4.69, 9.17) is 14.9 Å². The molecule has 0 saturated heterocycles. The van der Waals surface area contributed by atoms with Gasteiger partial charge in [-0.05, 0) is 18.8 Å². The summed E-state index contributed by atoms with van der Waals surface area (Å²) in [5.41, 5.74) is 0. The average molecular weight is 348 g/mol. The quantitative estimate of drug-likeness (QED) is 0.474. The fourth-order valence-electron chi connectivity index (χ4n) is 1.04. The molecule has 0 saturated carbocycles. The van der Waals surface area contributed by atoms with Gasteiger partial charge in [0.05, 0.1) is 12.5 Å². The van der Waals surface area contributed by atoms with E-state index in [0.29, 0.717) is 25.4 Å². The molecular formula is C18H36O6. The zero-order valence-electron chi connectivity index (χ0n) is 16.1. The molecule has 0 aliphatic carbocycles. The Morgan fingerprint density at radius 1 is 0.958 bits per heavy atom. The van der Waals surface area contributed by atoms with Gasteiger partial charge in [0.2, 0.25) is 0 Å². The van der Waals surface area contributed by atoms with Crippen molar-refractivity contribution in [2.45, 2.75) is 80.1 Å². The molecule has 6 heteroatoms. The Kier molecular flexibility index (Phi) is 22.1. The van der Waals surface area contributed by atoms with E-state index in [9.17, 15) is 14.4 Å². The summed E-state index contributed by atoms with van der Waals surface area (Å²) in [6.07, 6.45) is 4.73. The van der Waals surface area contributed by atoms with Gasteiger partial charge in [-0.2, -0.15) is 0 Å². The van der Waals surface area contributed by atoms with Crippen molar-refractivity contribution in [3.05, 3.63) is 0 Å². The predicted octanol–water partition coefficient (Wildman–Crippen LogP) is 4.36. The van der Waals surface area contributed by atoms with E-state index in [1.54, 1.807) is 20.8 Å². The molecule has 0 rings (SSSR count). The number of ether oxygens (including phenoxy) is 1. The highest BCUT2D eigenvalue weighted by molar-refractivity contribution is 5.69. The molecule has 0 aliphatic rings. The number of rotatable bonds is 9. The maximum atomic E-state index is 10.6. The number of carbonyl (C=O) groups is 3. The standard InChI is InChI=1S/C8H16O2.C6H12O2.C4H8O2/c1-4-8(9)10-6-5-7(2)3;1-2-3-4-5-6(7)8;1-3(2)4(5)6/h7H,4-6H2,1-3H3;2-5H2,1H3,(H,7,8);3H,1-2H3,(H,5,6). The highest BCUT2D eigenvalue weighted by atomic mass is 16.5. The van der Waals surface area contributed by atoms with Crippen molar-refractivity contribution in [1.82, 2.24) is 0 Å². The van der Waals surface area contributed by atoms with Gasteiger partial charge >= 0.3 is 17.9 Å². The molecule has 6 nitrogen and oxygen atoms in total. The van der Waals surface area contributed by atoms with Gasteiger partial charge in [-0.3, -0.25) is 14.4 Å². The molecular weight excluding hydrogens is 312 g/mol. The molecule has 0 aliphatic heterocycles. The van der Waals surface area contributed by atoms with Crippen LogP contribution in [0.5, 0.6) is 0 Å². The molecule has 24 heavy (non-hydrogen) atoms. The van der Waals surface area contributed by atoms with Gasteiger partial charge in [-0.25, -0.2) is 0 Å². The van der Waals surface area contributed by atoms with Gasteiger partial charge in [0.1, 0.15) is 0 Å². The van der Waals surface area contributed by atoms with Crippen molar-refractivity contribution in [2.75, 3.05) is 6.61 Å². The molecule has 0 atom stereocenters. The largest absolute Gasteiger partial charge is 0.481 e. The van der Waals surface area contributed by atoms with Crippen LogP contribution in [-0.2, 0) is 19.1 Å². The molecule has 144 valence electrons. The van der Waals surface area contributed by atoms with Crippen LogP contribution in [0.4, 0.5) is 0 Å². The summed E-state index contributed by atoms with van der Waals surface area (Å²) < 4.78 is 4.86. The van der Waals surface area contributed by atoms with E-state index in [1.807, 2.05) is 0 Å². The minimum atomic E-state index is -0.741. The fourth-order valence-corrected chi connectivity index (χ4v) is 1.04. The highest BCUT2D eigenvalue weighted by Crippen LogP contribution is 1.99. The third-order valence-electron chi connectivity index (χ3n) is 2.74. The van der Waals surface area contributed by atoms with Crippen LogP contribution in [-0.4, -0.2) is 34.7 Å². The lowest BCUT2D eigenvalue weighted by atomic mass is 10.1. The Balaban J connectivity index is -0.000000285. The third-order valence-corrected chi connectivity index (χ3v) is 2.74. The summed E-state index contributed by atoms with van der Waals surface area (Å²) in [6.45, 7) is 11.9. The summed E-state index contributed by atoms with van der Waals surface area (Å²) in [4.78, 5) is 30.1. The van der Waals surface area contributed by atoms with E-state index in [1.165, 1.54) is 0 Å². The van der Waals surface area contributed by atoms with E-state index in [-0.39, 0.29) is 11.9 Å². The fraction of sp³-hybridized carbons (Fsp3) is 0.833.